The fraction of sp³-hybridized carbons (Fsp3) is 0.281. The summed E-state index contributed by atoms with van der Waals surface area (Å²) in [6.45, 7) is 7.90. The number of hydrogen-bond donors (Lipinski definition) is 3. The van der Waals surface area contributed by atoms with Crippen LogP contribution in [0.15, 0.2) is 46.4 Å². The second-order valence-corrected chi connectivity index (χ2v) is 14.7. The van der Waals surface area contributed by atoms with E-state index >= 15 is 0 Å². The van der Waals surface area contributed by atoms with Gasteiger partial charge in [-0.1, -0.05) is 58.0 Å². The number of ether oxygens (including phenoxy) is 1. The Balaban J connectivity index is 1.85. The van der Waals surface area contributed by atoms with Gasteiger partial charge in [-0.2, -0.15) is 0 Å². The molecule has 272 valence electrons. The predicted octanol–water partition coefficient (Wildman–Crippen LogP) is 7.13. The summed E-state index contributed by atoms with van der Waals surface area (Å²) in [4.78, 5) is 49.8. The lowest BCUT2D eigenvalue weighted by atomic mass is 10.1. The van der Waals surface area contributed by atoms with Crippen molar-refractivity contribution < 1.29 is 27.5 Å². The van der Waals surface area contributed by atoms with Crippen LogP contribution in [0.1, 0.15) is 36.7 Å². The number of aliphatic imine (C=N–C) groups is 2. The molecule has 1 aliphatic heterocycles. The first kappa shape index (κ1) is 40.1. The predicted molar refractivity (Wildman–Crippen MR) is 205 cm³/mol. The van der Waals surface area contributed by atoms with Crippen LogP contribution in [0, 0.1) is 6.92 Å². The molecule has 3 N–H and O–H groups in total. The van der Waals surface area contributed by atoms with E-state index in [1.54, 1.807) is 32.0 Å². The summed E-state index contributed by atoms with van der Waals surface area (Å²) >= 11 is 32.7. The zero-order chi connectivity index (χ0) is 37.8. The zero-order valence-corrected chi connectivity index (χ0v) is 32.4. The van der Waals surface area contributed by atoms with Crippen molar-refractivity contribution in [2.45, 2.75) is 27.7 Å². The number of carbonyl (C=O) groups is 3. The van der Waals surface area contributed by atoms with Gasteiger partial charge < -0.3 is 15.0 Å². The molecule has 19 heteroatoms. The summed E-state index contributed by atoms with van der Waals surface area (Å²) in [6, 6.07) is 9.94. The van der Waals surface area contributed by atoms with Crippen LogP contribution in [0.3, 0.4) is 0 Å². The highest BCUT2D eigenvalue weighted by atomic mass is 35.5. The van der Waals surface area contributed by atoms with E-state index in [2.05, 4.69) is 25.4 Å². The summed E-state index contributed by atoms with van der Waals surface area (Å²) in [6.07, 6.45) is 1.09. The largest absolute Gasteiger partial charge is 0.462 e. The Hall–Kier alpha value is -3.63. The molecule has 1 aliphatic rings. The van der Waals surface area contributed by atoms with Gasteiger partial charge in [-0.3, -0.25) is 15.0 Å². The number of esters is 1. The van der Waals surface area contributed by atoms with Crippen LogP contribution in [-0.4, -0.2) is 70.2 Å². The summed E-state index contributed by atoms with van der Waals surface area (Å²) < 4.78 is 30.6. The van der Waals surface area contributed by atoms with Gasteiger partial charge in [0, 0.05) is 37.9 Å². The summed E-state index contributed by atoms with van der Waals surface area (Å²) in [5.41, 5.74) is 4.64. The molecule has 0 unspecified atom stereocenters. The number of halogens is 5. The maximum atomic E-state index is 14.2. The Morgan fingerprint density at radius 2 is 1.63 bits per heavy atom. The monoisotopic (exact) mass is 817 g/mol. The van der Waals surface area contributed by atoms with Crippen LogP contribution in [0.5, 0.6) is 0 Å². The SMILES string of the molecule is CCOC(=O)c1c(Cl)c(Cl)c(N2NC(=Nc3cc(NC(C)=O)ccc3Cl)C(=Nc3ccc(N(CC)CCNS(C)(=O)=O)cc3C)C2=O)c(Cl)c1Cl. The molecule has 51 heavy (non-hydrogen) atoms. The Morgan fingerprint density at radius 1 is 0.961 bits per heavy atom. The normalized spacial score (nSPS) is 14.6. The minimum Gasteiger partial charge on any atom is -0.462 e. The molecule has 0 spiro atoms. The maximum absolute atomic E-state index is 14.2. The number of benzene rings is 3. The lowest BCUT2D eigenvalue weighted by Gasteiger charge is -2.23. The van der Waals surface area contributed by atoms with Crippen LogP contribution < -0.4 is 25.4 Å². The minimum absolute atomic E-state index is 0.0251. The Bertz CT molecular complexity index is 2050. The van der Waals surface area contributed by atoms with E-state index in [0.717, 1.165) is 17.0 Å². The van der Waals surface area contributed by atoms with Crippen LogP contribution in [-0.2, 0) is 24.3 Å². The van der Waals surface area contributed by atoms with Gasteiger partial charge in [0.2, 0.25) is 15.9 Å². The quantitative estimate of drug-likeness (QED) is 0.129. The molecule has 2 amide bonds. The Labute approximate surface area is 319 Å². The van der Waals surface area contributed by atoms with Crippen molar-refractivity contribution in [1.29, 1.82) is 0 Å². The van der Waals surface area contributed by atoms with Gasteiger partial charge in [0.25, 0.3) is 5.91 Å². The van der Waals surface area contributed by atoms with Gasteiger partial charge >= 0.3 is 5.97 Å². The maximum Gasteiger partial charge on any atom is 0.341 e. The fourth-order valence-corrected chi connectivity index (χ4v) is 6.66. The number of carbonyl (C=O) groups excluding carboxylic acids is 3. The molecule has 0 saturated carbocycles. The van der Waals surface area contributed by atoms with Gasteiger partial charge in [0.1, 0.15) is 11.3 Å². The standard InChI is InChI=1S/C32H32Cl5N7O6S/c1-6-43(13-12-38-51(5,48)49)19-9-11-21(16(3)14-19)40-28-30(41-22-15-18(39-17(4)45)8-10-20(22)33)42-44(31(28)46)29-26(36)24(34)23(25(35)27(29)37)32(47)50-7-2/h8-11,14-15,38H,6-7,12-13H2,1-5H3,(H,39,45)(H,41,42). The molecule has 0 aromatic heterocycles. The number of aryl methyl sites for hydroxylation is 1. The van der Waals surface area contributed by atoms with Gasteiger partial charge in [0.05, 0.1) is 49.4 Å². The van der Waals surface area contributed by atoms with Crippen LogP contribution >= 0.6 is 58.0 Å². The van der Waals surface area contributed by atoms with Gasteiger partial charge in [0.15, 0.2) is 11.5 Å². The number of hydrogen-bond acceptors (Lipinski definition) is 9. The number of nitrogens with one attached hydrogen (secondary N) is 3. The van der Waals surface area contributed by atoms with Gasteiger partial charge in [-0.25, -0.2) is 32.9 Å². The lowest BCUT2D eigenvalue weighted by Crippen LogP contribution is -2.36. The molecule has 3 aromatic rings. The first-order chi connectivity index (χ1) is 24.0. The summed E-state index contributed by atoms with van der Waals surface area (Å²) in [7, 11) is -3.35. The van der Waals surface area contributed by atoms with Crippen molar-refractivity contribution in [2.24, 2.45) is 9.98 Å². The second-order valence-electron chi connectivity index (χ2n) is 10.9. The first-order valence-electron chi connectivity index (χ1n) is 15.2. The van der Waals surface area contributed by atoms with E-state index in [1.807, 2.05) is 17.9 Å². The van der Waals surface area contributed by atoms with E-state index in [1.165, 1.54) is 19.1 Å². The molecule has 0 bridgehead atoms. The summed E-state index contributed by atoms with van der Waals surface area (Å²) in [5, 5.41) is 2.61. The number of rotatable bonds is 12. The Morgan fingerprint density at radius 3 is 2.20 bits per heavy atom. The van der Waals surface area contributed by atoms with Crippen LogP contribution in [0.2, 0.25) is 25.1 Å². The third-order valence-corrected chi connectivity index (χ3v) is 9.93. The van der Waals surface area contributed by atoms with E-state index in [0.29, 0.717) is 30.0 Å². The van der Waals surface area contributed by atoms with E-state index in [9.17, 15) is 22.8 Å². The molecule has 1 heterocycles. The molecule has 13 nitrogen and oxygen atoms in total. The van der Waals surface area contributed by atoms with Crippen molar-refractivity contribution in [1.82, 2.24) is 10.1 Å². The molecule has 1 fully saturated rings. The number of nitrogens with zero attached hydrogens (tertiary/aromatic N) is 4. The first-order valence-corrected chi connectivity index (χ1v) is 18.9. The zero-order valence-electron chi connectivity index (χ0n) is 27.8. The smallest absolute Gasteiger partial charge is 0.341 e. The number of amidine groups is 1. The molecule has 0 radical (unpaired) electrons. The number of amides is 2. The molecular weight excluding hydrogens is 788 g/mol. The van der Waals surface area contributed by atoms with E-state index in [-0.39, 0.29) is 72.7 Å². The van der Waals surface area contributed by atoms with E-state index < -0.39 is 21.9 Å². The van der Waals surface area contributed by atoms with Gasteiger partial charge in [-0.05, 0) is 62.7 Å². The van der Waals surface area contributed by atoms with E-state index in [4.69, 9.17) is 62.7 Å². The number of sulfonamides is 1. The van der Waals surface area contributed by atoms with Crippen molar-refractivity contribution in [3.05, 3.63) is 72.6 Å². The topological polar surface area (TPSA) is 162 Å². The third-order valence-electron chi connectivity index (χ3n) is 7.20. The lowest BCUT2D eigenvalue weighted by molar-refractivity contribution is -0.114. The van der Waals surface area contributed by atoms with Crippen molar-refractivity contribution in [2.75, 3.05) is 47.7 Å². The molecule has 0 aliphatic carbocycles. The number of likely N-dealkylation sites (N-methyl/N-ethyl adjacent to an activating group) is 1. The molecule has 3 aromatic carbocycles. The highest BCUT2D eigenvalue weighted by Gasteiger charge is 2.39. The summed E-state index contributed by atoms with van der Waals surface area (Å²) in [5.74, 6) is -2.04. The average Bonchev–Trinajstić information content (AvgIpc) is 3.34. The minimum atomic E-state index is -3.35. The van der Waals surface area contributed by atoms with Crippen molar-refractivity contribution >= 4 is 126 Å². The van der Waals surface area contributed by atoms with Crippen molar-refractivity contribution in [3.8, 4) is 0 Å². The molecular formula is C32H32Cl5N7O6S. The average molecular weight is 820 g/mol. The van der Waals surface area contributed by atoms with Crippen molar-refractivity contribution in [3.63, 3.8) is 0 Å². The Kier molecular flexibility index (Phi) is 13.2. The molecule has 1 saturated heterocycles. The molecule has 4 rings (SSSR count). The van der Waals surface area contributed by atoms with Crippen LogP contribution in [0.4, 0.5) is 28.4 Å². The fourth-order valence-electron chi connectivity index (χ4n) is 4.87. The van der Waals surface area contributed by atoms with Gasteiger partial charge in [-0.15, -0.1) is 0 Å². The number of anilines is 3. The van der Waals surface area contributed by atoms with Crippen LogP contribution in [0.25, 0.3) is 0 Å². The highest BCUT2D eigenvalue weighted by molar-refractivity contribution is 7.88. The number of hydrazine groups is 1. The molecule has 0 atom stereocenters. The third kappa shape index (κ3) is 9.43. The highest BCUT2D eigenvalue weighted by Crippen LogP contribution is 2.47. The second kappa shape index (κ2) is 16.8.